The van der Waals surface area contributed by atoms with Gasteiger partial charge in [-0.2, -0.15) is 0 Å². The number of H-pyrrole nitrogens is 1. The van der Waals surface area contributed by atoms with Crippen LogP contribution in [0.5, 0.6) is 0 Å². The third-order valence-electron chi connectivity index (χ3n) is 3.75. The van der Waals surface area contributed by atoms with Gasteiger partial charge in [-0.3, -0.25) is 0 Å². The Morgan fingerprint density at radius 1 is 0.864 bits per heavy atom. The van der Waals surface area contributed by atoms with Crippen molar-refractivity contribution in [2.75, 3.05) is 0 Å². The molecule has 0 fully saturated rings. The molecule has 1 N–H and O–H groups in total. The van der Waals surface area contributed by atoms with Gasteiger partial charge in [-0.15, -0.1) is 0 Å². The fourth-order valence-electron chi connectivity index (χ4n) is 2.57. The fraction of sp³-hybridized carbons (Fsp3) is 0.158. The van der Waals surface area contributed by atoms with Crippen LogP contribution in [0.4, 0.5) is 0 Å². The summed E-state index contributed by atoms with van der Waals surface area (Å²) in [5.74, 6) is 0. The van der Waals surface area contributed by atoms with E-state index in [2.05, 4.69) is 85.2 Å². The van der Waals surface area contributed by atoms with Gasteiger partial charge in [0.1, 0.15) is 0 Å². The van der Waals surface area contributed by atoms with E-state index in [4.69, 9.17) is 0 Å². The molecule has 0 unspecified atom stereocenters. The second kappa shape index (κ2) is 7.62. The Hall–Kier alpha value is -0.844. The van der Waals surface area contributed by atoms with Gasteiger partial charge in [-0.05, 0) is 61.0 Å². The van der Waals surface area contributed by atoms with Crippen molar-refractivity contribution in [1.29, 1.82) is 0 Å². The standard InChI is InChI=1S/C10H11N.C9H9N.K.H/c1-8-3-4-10-9(7-8)5-6-11(10)2;1-7-2-3-9-8(6-7)4-5-10-9;;/h3-7H,1-2H3;2-6,10H,1H3;;/q;;+1;-1. The summed E-state index contributed by atoms with van der Waals surface area (Å²) >= 11 is 0. The van der Waals surface area contributed by atoms with Crippen LogP contribution < -0.4 is 51.4 Å². The van der Waals surface area contributed by atoms with Crippen molar-refractivity contribution < 1.29 is 52.8 Å². The van der Waals surface area contributed by atoms with Crippen LogP contribution in [0.1, 0.15) is 12.6 Å². The molecule has 0 aliphatic rings. The Morgan fingerprint density at radius 3 is 2.32 bits per heavy atom. The number of benzene rings is 2. The quantitative estimate of drug-likeness (QED) is 0.480. The monoisotopic (exact) mass is 316 g/mol. The molecule has 2 aromatic carbocycles. The van der Waals surface area contributed by atoms with Crippen molar-refractivity contribution >= 4 is 21.8 Å². The third-order valence-corrected chi connectivity index (χ3v) is 3.75. The van der Waals surface area contributed by atoms with Crippen molar-refractivity contribution in [3.8, 4) is 0 Å². The molecule has 0 bridgehead atoms. The molecule has 2 nitrogen and oxygen atoms in total. The maximum Gasteiger partial charge on any atom is 1.00 e. The molecule has 0 spiro atoms. The zero-order valence-corrected chi connectivity index (χ0v) is 16.8. The van der Waals surface area contributed by atoms with Crippen LogP contribution in [0.15, 0.2) is 60.9 Å². The number of hydrogen-bond acceptors (Lipinski definition) is 0. The number of nitrogens with one attached hydrogen (secondary N) is 1. The predicted octanol–water partition coefficient (Wildman–Crippen LogP) is 2.08. The van der Waals surface area contributed by atoms with E-state index in [1.54, 1.807) is 0 Å². The molecule has 4 rings (SSSR count). The fourth-order valence-corrected chi connectivity index (χ4v) is 2.57. The van der Waals surface area contributed by atoms with Crippen molar-refractivity contribution in [3.05, 3.63) is 72.1 Å². The van der Waals surface area contributed by atoms with E-state index in [9.17, 15) is 0 Å². The Balaban J connectivity index is 0.000000212. The molecule has 2 aromatic heterocycles. The van der Waals surface area contributed by atoms with Crippen LogP contribution in [0.2, 0.25) is 0 Å². The van der Waals surface area contributed by atoms with E-state index < -0.39 is 0 Å². The van der Waals surface area contributed by atoms with E-state index in [0.29, 0.717) is 0 Å². The predicted molar refractivity (Wildman–Crippen MR) is 91.8 cm³/mol. The second-order valence-corrected chi connectivity index (χ2v) is 5.56. The maximum atomic E-state index is 3.15. The van der Waals surface area contributed by atoms with Gasteiger partial charge in [0.15, 0.2) is 0 Å². The maximum absolute atomic E-state index is 3.15. The van der Waals surface area contributed by atoms with Crippen molar-refractivity contribution in [1.82, 2.24) is 9.55 Å². The van der Waals surface area contributed by atoms with Crippen LogP contribution in [-0.2, 0) is 7.05 Å². The number of aryl methyl sites for hydroxylation is 3. The molecular weight excluding hydrogens is 295 g/mol. The number of aromatic amines is 1. The SMILES string of the molecule is Cc1ccc2[nH]ccc2c1.Cc1ccc2c(ccn2C)c1.[H-].[K+]. The first-order valence-corrected chi connectivity index (χ1v) is 7.19. The summed E-state index contributed by atoms with van der Waals surface area (Å²) in [6.45, 7) is 4.22. The molecule has 0 aliphatic carbocycles. The molecule has 0 saturated carbocycles. The normalized spacial score (nSPS) is 10.1. The van der Waals surface area contributed by atoms with Crippen LogP contribution >= 0.6 is 0 Å². The summed E-state index contributed by atoms with van der Waals surface area (Å²) in [6.07, 6.45) is 4.05. The average Bonchev–Trinajstić information content (AvgIpc) is 3.06. The van der Waals surface area contributed by atoms with Crippen molar-refractivity contribution in [3.63, 3.8) is 0 Å². The van der Waals surface area contributed by atoms with E-state index in [-0.39, 0.29) is 52.8 Å². The first kappa shape index (κ1) is 17.5. The van der Waals surface area contributed by atoms with Gasteiger partial charge in [0.25, 0.3) is 0 Å². The number of rotatable bonds is 0. The van der Waals surface area contributed by atoms with E-state index in [1.165, 1.54) is 32.9 Å². The summed E-state index contributed by atoms with van der Waals surface area (Å²) in [5.41, 5.74) is 5.15. The first-order valence-electron chi connectivity index (χ1n) is 7.19. The molecule has 22 heavy (non-hydrogen) atoms. The average molecular weight is 316 g/mol. The summed E-state index contributed by atoms with van der Waals surface area (Å²) in [4.78, 5) is 3.15. The van der Waals surface area contributed by atoms with Gasteiger partial charge in [0.05, 0.1) is 0 Å². The largest absolute Gasteiger partial charge is 1.00 e. The Bertz CT molecular complexity index is 893. The summed E-state index contributed by atoms with van der Waals surface area (Å²) < 4.78 is 2.13. The van der Waals surface area contributed by atoms with Crippen LogP contribution in [-0.4, -0.2) is 9.55 Å². The smallest absolute Gasteiger partial charge is 1.00 e. The topological polar surface area (TPSA) is 20.7 Å². The zero-order chi connectivity index (χ0) is 14.8. The molecular formula is C19H21KN2. The van der Waals surface area contributed by atoms with Gasteiger partial charge >= 0.3 is 51.4 Å². The van der Waals surface area contributed by atoms with Gasteiger partial charge < -0.3 is 11.0 Å². The van der Waals surface area contributed by atoms with Crippen molar-refractivity contribution in [2.45, 2.75) is 13.8 Å². The molecule has 3 heteroatoms. The third kappa shape index (κ3) is 3.92. The number of fused-ring (bicyclic) bond motifs is 2. The minimum absolute atomic E-state index is 0. The minimum atomic E-state index is 0. The minimum Gasteiger partial charge on any atom is -1.00 e. The number of nitrogens with zero attached hydrogens (tertiary/aromatic N) is 1. The van der Waals surface area contributed by atoms with Crippen LogP contribution in [0.25, 0.3) is 21.8 Å². The van der Waals surface area contributed by atoms with Crippen molar-refractivity contribution in [2.24, 2.45) is 7.05 Å². The van der Waals surface area contributed by atoms with E-state index in [0.717, 1.165) is 0 Å². The molecule has 0 saturated heterocycles. The van der Waals surface area contributed by atoms with Crippen LogP contribution in [0, 0.1) is 13.8 Å². The zero-order valence-electron chi connectivity index (χ0n) is 14.7. The summed E-state index contributed by atoms with van der Waals surface area (Å²) in [5, 5.41) is 2.62. The van der Waals surface area contributed by atoms with E-state index >= 15 is 0 Å². The summed E-state index contributed by atoms with van der Waals surface area (Å²) in [6, 6.07) is 17.1. The number of hydrogen-bond donors (Lipinski definition) is 1. The van der Waals surface area contributed by atoms with Gasteiger partial charge in [0, 0.05) is 30.5 Å². The second-order valence-electron chi connectivity index (χ2n) is 5.56. The molecule has 0 amide bonds. The Morgan fingerprint density at radius 2 is 1.55 bits per heavy atom. The van der Waals surface area contributed by atoms with Gasteiger partial charge in [-0.1, -0.05) is 23.3 Å². The van der Waals surface area contributed by atoms with Gasteiger partial charge in [0.2, 0.25) is 0 Å². The Labute approximate surface area is 175 Å². The molecule has 0 aliphatic heterocycles. The molecule has 0 atom stereocenters. The molecule has 4 aromatic rings. The number of aromatic nitrogens is 2. The molecule has 2 heterocycles. The summed E-state index contributed by atoms with van der Waals surface area (Å²) in [7, 11) is 2.07. The first-order chi connectivity index (χ1) is 10.1. The molecule has 108 valence electrons. The Kier molecular flexibility index (Phi) is 6.06. The van der Waals surface area contributed by atoms with E-state index in [1.807, 2.05) is 6.20 Å². The van der Waals surface area contributed by atoms with Gasteiger partial charge in [-0.25, -0.2) is 0 Å². The molecule has 0 radical (unpaired) electrons. The van der Waals surface area contributed by atoms with Crippen LogP contribution in [0.3, 0.4) is 0 Å².